The molecule has 2 aromatic rings. The number of aromatic nitrogens is 2. The maximum Gasteiger partial charge on any atom is 0.303 e. The minimum absolute atomic E-state index is 0. The molecule has 0 atom stereocenters. The van der Waals surface area contributed by atoms with E-state index in [-0.39, 0.29) is 24.2 Å². The maximum atomic E-state index is 10.7. The Bertz CT molecular complexity index is 612. The first-order chi connectivity index (χ1) is 10.5. The zero-order valence-electron chi connectivity index (χ0n) is 13.4. The number of aromatic amines is 1. The molecule has 0 amide bonds. The van der Waals surface area contributed by atoms with E-state index >= 15 is 0 Å². The summed E-state index contributed by atoms with van der Waals surface area (Å²) in [6.07, 6.45) is 5.04. The van der Waals surface area contributed by atoms with Gasteiger partial charge in [-0.25, -0.2) is 4.98 Å². The molecule has 0 spiro atoms. The van der Waals surface area contributed by atoms with Gasteiger partial charge in [-0.2, -0.15) is 0 Å². The summed E-state index contributed by atoms with van der Waals surface area (Å²) in [5.41, 5.74) is 1.84. The van der Waals surface area contributed by atoms with E-state index in [0.717, 1.165) is 23.4 Å². The third-order valence-corrected chi connectivity index (χ3v) is 3.73. The normalized spacial score (nSPS) is 10.9. The van der Waals surface area contributed by atoms with Crippen LogP contribution in [0.4, 0.5) is 0 Å². The van der Waals surface area contributed by atoms with E-state index < -0.39 is 5.97 Å². The molecule has 23 heavy (non-hydrogen) atoms. The summed E-state index contributed by atoms with van der Waals surface area (Å²) in [5, 5.41) is 8.78. The van der Waals surface area contributed by atoms with Gasteiger partial charge in [-0.05, 0) is 30.4 Å². The number of benzene rings is 1. The van der Waals surface area contributed by atoms with Crippen LogP contribution in [0.15, 0.2) is 36.8 Å². The Balaban J connectivity index is 0.00000264. The minimum atomic E-state index is -0.751. The van der Waals surface area contributed by atoms with Crippen molar-refractivity contribution in [1.29, 1.82) is 0 Å². The molecular formula is C17H23ClN2O3. The van der Waals surface area contributed by atoms with Crippen molar-refractivity contribution < 1.29 is 14.6 Å². The molecule has 0 bridgehead atoms. The lowest BCUT2D eigenvalue weighted by Crippen LogP contribution is -2.17. The smallest absolute Gasteiger partial charge is 0.303 e. The standard InChI is InChI=1S/C17H22N2O3.ClH/c1-17(2,8-7-16(20)21)9-10-22-15-6-4-3-5-13(15)14-11-18-12-19-14;/h3-6,11-12H,7-10H2,1-2H3,(H,18,19)(H,20,21);1H. The summed E-state index contributed by atoms with van der Waals surface area (Å²) >= 11 is 0. The number of carbonyl (C=O) groups is 1. The Morgan fingerprint density at radius 1 is 1.30 bits per heavy atom. The van der Waals surface area contributed by atoms with Crippen LogP contribution in [-0.4, -0.2) is 27.7 Å². The molecular weight excluding hydrogens is 316 g/mol. The topological polar surface area (TPSA) is 75.2 Å². The number of para-hydroxylation sites is 1. The molecule has 0 aliphatic rings. The SMILES string of the molecule is CC(C)(CCOc1ccccc1-c1cnc[nH]1)CCC(=O)O.Cl. The molecule has 0 aliphatic heterocycles. The van der Waals surface area contributed by atoms with E-state index in [9.17, 15) is 4.79 Å². The minimum Gasteiger partial charge on any atom is -0.493 e. The Kier molecular flexibility index (Phi) is 7.10. The number of imidazole rings is 1. The van der Waals surface area contributed by atoms with Gasteiger partial charge in [0.2, 0.25) is 0 Å². The van der Waals surface area contributed by atoms with Crippen LogP contribution in [-0.2, 0) is 4.79 Å². The molecule has 1 aromatic carbocycles. The van der Waals surface area contributed by atoms with Crippen molar-refractivity contribution in [2.45, 2.75) is 33.1 Å². The molecule has 2 N–H and O–H groups in total. The summed E-state index contributed by atoms with van der Waals surface area (Å²) in [6.45, 7) is 4.69. The van der Waals surface area contributed by atoms with Crippen LogP contribution >= 0.6 is 12.4 Å². The molecule has 6 heteroatoms. The van der Waals surface area contributed by atoms with Crippen LogP contribution < -0.4 is 4.74 Å². The second kappa shape index (κ2) is 8.58. The summed E-state index contributed by atoms with van der Waals surface area (Å²) in [6, 6.07) is 7.81. The molecule has 0 aliphatic carbocycles. The Morgan fingerprint density at radius 2 is 2.04 bits per heavy atom. The fourth-order valence-electron chi connectivity index (χ4n) is 2.23. The second-order valence-electron chi connectivity index (χ2n) is 6.12. The zero-order valence-corrected chi connectivity index (χ0v) is 14.2. The molecule has 0 fully saturated rings. The lowest BCUT2D eigenvalue weighted by molar-refractivity contribution is -0.137. The Morgan fingerprint density at radius 3 is 2.70 bits per heavy atom. The number of hydrogen-bond donors (Lipinski definition) is 2. The largest absolute Gasteiger partial charge is 0.493 e. The molecule has 0 saturated heterocycles. The summed E-state index contributed by atoms with van der Waals surface area (Å²) in [7, 11) is 0. The molecule has 0 radical (unpaired) electrons. The number of hydrogen-bond acceptors (Lipinski definition) is 3. The van der Waals surface area contributed by atoms with Crippen LogP contribution in [0.1, 0.15) is 33.1 Å². The lowest BCUT2D eigenvalue weighted by atomic mass is 9.85. The summed E-state index contributed by atoms with van der Waals surface area (Å²) in [5.74, 6) is 0.0550. The maximum absolute atomic E-state index is 10.7. The van der Waals surface area contributed by atoms with Crippen molar-refractivity contribution in [3.63, 3.8) is 0 Å². The average Bonchev–Trinajstić information content (AvgIpc) is 3.00. The first-order valence-electron chi connectivity index (χ1n) is 7.40. The number of halogens is 1. The number of carboxylic acid groups (broad SMARTS) is 1. The van der Waals surface area contributed by atoms with Crippen molar-refractivity contribution >= 4 is 18.4 Å². The number of rotatable bonds is 8. The van der Waals surface area contributed by atoms with E-state index in [1.54, 1.807) is 12.5 Å². The first-order valence-corrected chi connectivity index (χ1v) is 7.40. The predicted octanol–water partition coefficient (Wildman–Crippen LogP) is 4.16. The van der Waals surface area contributed by atoms with Crippen LogP contribution in [0.3, 0.4) is 0 Å². The van der Waals surface area contributed by atoms with Crippen molar-refractivity contribution in [1.82, 2.24) is 9.97 Å². The summed E-state index contributed by atoms with van der Waals surface area (Å²) < 4.78 is 5.91. The molecule has 0 saturated carbocycles. The van der Waals surface area contributed by atoms with Gasteiger partial charge in [-0.3, -0.25) is 4.79 Å². The first kappa shape index (κ1) is 19.0. The number of ether oxygens (including phenoxy) is 1. The van der Waals surface area contributed by atoms with Gasteiger partial charge in [0.15, 0.2) is 0 Å². The number of nitrogens with zero attached hydrogens (tertiary/aromatic N) is 1. The van der Waals surface area contributed by atoms with Crippen molar-refractivity contribution in [3.8, 4) is 17.0 Å². The molecule has 126 valence electrons. The van der Waals surface area contributed by atoms with Gasteiger partial charge >= 0.3 is 5.97 Å². The van der Waals surface area contributed by atoms with Crippen molar-refractivity contribution in [3.05, 3.63) is 36.8 Å². The second-order valence-corrected chi connectivity index (χ2v) is 6.12. The van der Waals surface area contributed by atoms with Crippen LogP contribution in [0.25, 0.3) is 11.3 Å². The van der Waals surface area contributed by atoms with Crippen LogP contribution in [0, 0.1) is 5.41 Å². The fraction of sp³-hybridized carbons (Fsp3) is 0.412. The van der Waals surface area contributed by atoms with E-state index in [1.165, 1.54) is 0 Å². The number of carboxylic acids is 1. The van der Waals surface area contributed by atoms with Gasteiger partial charge in [0.25, 0.3) is 0 Å². The monoisotopic (exact) mass is 338 g/mol. The fourth-order valence-corrected chi connectivity index (χ4v) is 2.23. The molecule has 5 nitrogen and oxygen atoms in total. The highest BCUT2D eigenvalue weighted by atomic mass is 35.5. The number of aliphatic carboxylic acids is 1. The van der Waals surface area contributed by atoms with E-state index in [1.807, 2.05) is 24.3 Å². The number of nitrogens with one attached hydrogen (secondary N) is 1. The van der Waals surface area contributed by atoms with Gasteiger partial charge in [0.1, 0.15) is 5.75 Å². The highest BCUT2D eigenvalue weighted by molar-refractivity contribution is 5.85. The van der Waals surface area contributed by atoms with E-state index in [2.05, 4.69) is 23.8 Å². The third kappa shape index (κ3) is 5.94. The Hall–Kier alpha value is -2.01. The molecule has 1 aromatic heterocycles. The van der Waals surface area contributed by atoms with Gasteiger partial charge in [0.05, 0.1) is 24.8 Å². The predicted molar refractivity (Wildman–Crippen MR) is 92.0 cm³/mol. The number of H-pyrrole nitrogens is 1. The van der Waals surface area contributed by atoms with E-state index in [4.69, 9.17) is 9.84 Å². The van der Waals surface area contributed by atoms with Crippen molar-refractivity contribution in [2.75, 3.05) is 6.61 Å². The van der Waals surface area contributed by atoms with Gasteiger partial charge in [-0.15, -0.1) is 12.4 Å². The van der Waals surface area contributed by atoms with E-state index in [0.29, 0.717) is 13.0 Å². The lowest BCUT2D eigenvalue weighted by Gasteiger charge is -2.24. The van der Waals surface area contributed by atoms with Gasteiger partial charge in [-0.1, -0.05) is 26.0 Å². The Labute approximate surface area is 142 Å². The van der Waals surface area contributed by atoms with Gasteiger partial charge in [0, 0.05) is 12.0 Å². The highest BCUT2D eigenvalue weighted by Gasteiger charge is 2.19. The molecule has 0 unspecified atom stereocenters. The zero-order chi connectivity index (χ0) is 16.0. The molecule has 2 rings (SSSR count). The quantitative estimate of drug-likeness (QED) is 0.757. The highest BCUT2D eigenvalue weighted by Crippen LogP contribution is 2.30. The third-order valence-electron chi connectivity index (χ3n) is 3.73. The van der Waals surface area contributed by atoms with Gasteiger partial charge < -0.3 is 14.8 Å². The van der Waals surface area contributed by atoms with Crippen molar-refractivity contribution in [2.24, 2.45) is 5.41 Å². The van der Waals surface area contributed by atoms with Crippen LogP contribution in [0.5, 0.6) is 5.75 Å². The molecule has 1 heterocycles. The average molecular weight is 339 g/mol. The van der Waals surface area contributed by atoms with Crippen LogP contribution in [0.2, 0.25) is 0 Å². The summed E-state index contributed by atoms with van der Waals surface area (Å²) in [4.78, 5) is 17.8.